The van der Waals surface area contributed by atoms with Crippen LogP contribution in [0.3, 0.4) is 0 Å². The highest BCUT2D eigenvalue weighted by Crippen LogP contribution is 2.40. The van der Waals surface area contributed by atoms with Gasteiger partial charge in [0.05, 0.1) is 0 Å². The molecule has 1 heterocycles. The molecule has 1 fully saturated rings. The van der Waals surface area contributed by atoms with Gasteiger partial charge in [-0.05, 0) is 33.6 Å². The summed E-state index contributed by atoms with van der Waals surface area (Å²) in [5, 5.41) is 13.0. The molecule has 0 atom stereocenters. The van der Waals surface area contributed by atoms with Crippen molar-refractivity contribution in [1.29, 1.82) is 0 Å². The van der Waals surface area contributed by atoms with Gasteiger partial charge in [-0.1, -0.05) is 5.16 Å². The van der Waals surface area contributed by atoms with Gasteiger partial charge in [-0.15, -0.1) is 0 Å². The summed E-state index contributed by atoms with van der Waals surface area (Å²) >= 11 is 0. The third-order valence-corrected chi connectivity index (χ3v) is 3.49. The molecular formula is C13H18N2O4. The van der Waals surface area contributed by atoms with Crippen LogP contribution in [-0.4, -0.2) is 39.1 Å². The number of carboxylic acids is 1. The Bertz CT molecular complexity index is 502. The standard InChI is InChI=1S/C13H18N2O4/c1-4-15(13(2,3)12(17)18)11(16)9-7-10(19-14-9)8-5-6-8/h7-8H,4-6H2,1-3H3,(H,17,18). The van der Waals surface area contributed by atoms with E-state index in [1.165, 1.54) is 18.7 Å². The van der Waals surface area contributed by atoms with Gasteiger partial charge < -0.3 is 14.5 Å². The third-order valence-electron chi connectivity index (χ3n) is 3.49. The summed E-state index contributed by atoms with van der Waals surface area (Å²) in [4.78, 5) is 24.8. The summed E-state index contributed by atoms with van der Waals surface area (Å²) < 4.78 is 5.13. The van der Waals surface area contributed by atoms with Gasteiger partial charge in [-0.25, -0.2) is 4.79 Å². The Balaban J connectivity index is 2.22. The van der Waals surface area contributed by atoms with Crippen molar-refractivity contribution in [2.24, 2.45) is 0 Å². The van der Waals surface area contributed by atoms with Crippen molar-refractivity contribution < 1.29 is 19.2 Å². The summed E-state index contributed by atoms with van der Waals surface area (Å²) in [7, 11) is 0. The van der Waals surface area contributed by atoms with E-state index in [1.54, 1.807) is 13.0 Å². The molecule has 6 heteroatoms. The van der Waals surface area contributed by atoms with Crippen molar-refractivity contribution in [3.63, 3.8) is 0 Å². The fraction of sp³-hybridized carbons (Fsp3) is 0.615. The highest BCUT2D eigenvalue weighted by atomic mass is 16.5. The Kier molecular flexibility index (Phi) is 3.34. The van der Waals surface area contributed by atoms with Gasteiger partial charge in [0.2, 0.25) is 0 Å². The van der Waals surface area contributed by atoms with Crippen LogP contribution in [0.2, 0.25) is 0 Å². The van der Waals surface area contributed by atoms with Crippen molar-refractivity contribution >= 4 is 11.9 Å². The van der Waals surface area contributed by atoms with Gasteiger partial charge in [0.25, 0.3) is 5.91 Å². The number of hydrogen-bond donors (Lipinski definition) is 1. The predicted octanol–water partition coefficient (Wildman–Crippen LogP) is 1.88. The number of carbonyl (C=O) groups excluding carboxylic acids is 1. The number of likely N-dealkylation sites (N-methyl/N-ethyl adjacent to an activating group) is 1. The first kappa shape index (κ1) is 13.6. The SMILES string of the molecule is CCN(C(=O)c1cc(C2CC2)on1)C(C)(C)C(=O)O. The van der Waals surface area contributed by atoms with E-state index in [-0.39, 0.29) is 5.69 Å². The molecule has 0 bridgehead atoms. The van der Waals surface area contributed by atoms with E-state index < -0.39 is 17.4 Å². The second-order valence-electron chi connectivity index (χ2n) is 5.30. The number of carbonyl (C=O) groups is 2. The molecule has 1 amide bonds. The van der Waals surface area contributed by atoms with Gasteiger partial charge in [0.15, 0.2) is 5.69 Å². The van der Waals surface area contributed by atoms with Gasteiger partial charge >= 0.3 is 5.97 Å². The number of hydrogen-bond acceptors (Lipinski definition) is 4. The van der Waals surface area contributed by atoms with Crippen LogP contribution >= 0.6 is 0 Å². The van der Waals surface area contributed by atoms with Gasteiger partial charge in [-0.3, -0.25) is 4.79 Å². The number of carboxylic acid groups (broad SMARTS) is 1. The minimum Gasteiger partial charge on any atom is -0.480 e. The number of aliphatic carboxylic acids is 1. The van der Waals surface area contributed by atoms with E-state index >= 15 is 0 Å². The van der Waals surface area contributed by atoms with E-state index in [4.69, 9.17) is 4.52 Å². The van der Waals surface area contributed by atoms with E-state index in [2.05, 4.69) is 5.16 Å². The lowest BCUT2D eigenvalue weighted by Crippen LogP contribution is -2.53. The van der Waals surface area contributed by atoms with Crippen molar-refractivity contribution in [2.75, 3.05) is 6.54 Å². The predicted molar refractivity (Wildman–Crippen MR) is 66.9 cm³/mol. The lowest BCUT2D eigenvalue weighted by atomic mass is 10.0. The maximum absolute atomic E-state index is 12.3. The average molecular weight is 266 g/mol. The van der Waals surface area contributed by atoms with Crippen LogP contribution in [0.5, 0.6) is 0 Å². The minimum absolute atomic E-state index is 0.179. The summed E-state index contributed by atoms with van der Waals surface area (Å²) in [6, 6.07) is 1.63. The molecule has 1 aromatic rings. The molecule has 0 aliphatic heterocycles. The number of rotatable bonds is 5. The highest BCUT2D eigenvalue weighted by Gasteiger charge is 2.39. The molecule has 104 valence electrons. The molecule has 2 rings (SSSR count). The fourth-order valence-corrected chi connectivity index (χ4v) is 2.00. The van der Waals surface area contributed by atoms with Crippen LogP contribution in [0.4, 0.5) is 0 Å². The first-order chi connectivity index (χ1) is 8.87. The van der Waals surface area contributed by atoms with Gasteiger partial charge in [0, 0.05) is 18.5 Å². The quantitative estimate of drug-likeness (QED) is 0.879. The van der Waals surface area contributed by atoms with Crippen molar-refractivity contribution in [3.05, 3.63) is 17.5 Å². The summed E-state index contributed by atoms with van der Waals surface area (Å²) in [6.45, 7) is 5.03. The molecule has 6 nitrogen and oxygen atoms in total. The molecule has 0 spiro atoms. The van der Waals surface area contributed by atoms with E-state index in [0.29, 0.717) is 18.2 Å². The molecule has 1 aliphatic rings. The van der Waals surface area contributed by atoms with Crippen LogP contribution in [0.25, 0.3) is 0 Å². The zero-order chi connectivity index (χ0) is 14.2. The Morgan fingerprint density at radius 2 is 2.16 bits per heavy atom. The molecule has 1 aromatic heterocycles. The maximum Gasteiger partial charge on any atom is 0.329 e. The first-order valence-corrected chi connectivity index (χ1v) is 6.40. The van der Waals surface area contributed by atoms with Crippen molar-refractivity contribution in [2.45, 2.75) is 45.1 Å². The number of amides is 1. The van der Waals surface area contributed by atoms with Crippen molar-refractivity contribution in [1.82, 2.24) is 10.1 Å². The first-order valence-electron chi connectivity index (χ1n) is 6.40. The molecule has 19 heavy (non-hydrogen) atoms. The van der Waals surface area contributed by atoms with Crippen LogP contribution in [0.1, 0.15) is 55.8 Å². The van der Waals surface area contributed by atoms with E-state index in [9.17, 15) is 14.7 Å². The van der Waals surface area contributed by atoms with E-state index in [1.807, 2.05) is 0 Å². The Labute approximate surface area is 111 Å². The van der Waals surface area contributed by atoms with Crippen molar-refractivity contribution in [3.8, 4) is 0 Å². The Morgan fingerprint density at radius 1 is 1.53 bits per heavy atom. The monoisotopic (exact) mass is 266 g/mol. The molecule has 0 unspecified atom stereocenters. The molecule has 1 aliphatic carbocycles. The molecule has 0 radical (unpaired) electrons. The number of aromatic nitrogens is 1. The Hall–Kier alpha value is -1.85. The molecule has 1 saturated carbocycles. The van der Waals surface area contributed by atoms with E-state index in [0.717, 1.165) is 12.8 Å². The number of nitrogens with zero attached hydrogens (tertiary/aromatic N) is 2. The molecule has 0 aromatic carbocycles. The van der Waals surface area contributed by atoms with Crippen LogP contribution in [0, 0.1) is 0 Å². The fourth-order valence-electron chi connectivity index (χ4n) is 2.00. The largest absolute Gasteiger partial charge is 0.480 e. The summed E-state index contributed by atoms with van der Waals surface area (Å²) in [5.74, 6) is -0.372. The zero-order valence-electron chi connectivity index (χ0n) is 11.3. The highest BCUT2D eigenvalue weighted by molar-refractivity contribution is 5.96. The lowest BCUT2D eigenvalue weighted by Gasteiger charge is -2.33. The third kappa shape index (κ3) is 2.47. The smallest absolute Gasteiger partial charge is 0.329 e. The van der Waals surface area contributed by atoms with Crippen LogP contribution < -0.4 is 0 Å². The topological polar surface area (TPSA) is 83.6 Å². The molecule has 0 saturated heterocycles. The lowest BCUT2D eigenvalue weighted by molar-refractivity contribution is -0.147. The summed E-state index contributed by atoms with van der Waals surface area (Å²) in [5.41, 5.74) is -1.09. The minimum atomic E-state index is -1.27. The molecule has 1 N–H and O–H groups in total. The molecular weight excluding hydrogens is 248 g/mol. The second kappa shape index (κ2) is 4.68. The average Bonchev–Trinajstić information content (AvgIpc) is 3.07. The maximum atomic E-state index is 12.3. The normalized spacial score (nSPS) is 15.3. The van der Waals surface area contributed by atoms with Gasteiger partial charge in [0.1, 0.15) is 11.3 Å². The zero-order valence-corrected chi connectivity index (χ0v) is 11.3. The van der Waals surface area contributed by atoms with Crippen LogP contribution in [-0.2, 0) is 4.79 Å². The van der Waals surface area contributed by atoms with Crippen LogP contribution in [0.15, 0.2) is 10.6 Å². The van der Waals surface area contributed by atoms with Gasteiger partial charge in [-0.2, -0.15) is 0 Å². The Morgan fingerprint density at radius 3 is 2.63 bits per heavy atom. The summed E-state index contributed by atoms with van der Waals surface area (Å²) in [6.07, 6.45) is 2.11. The second-order valence-corrected chi connectivity index (χ2v) is 5.30.